The Bertz CT molecular complexity index is 455. The van der Waals surface area contributed by atoms with Gasteiger partial charge in [-0.05, 0) is 47.8 Å². The summed E-state index contributed by atoms with van der Waals surface area (Å²) in [6, 6.07) is 5.42. The van der Waals surface area contributed by atoms with E-state index in [1.54, 1.807) is 6.07 Å². The highest BCUT2D eigenvalue weighted by Gasteiger charge is 2.29. The molecular formula is C14H17BrClNO. The first-order valence-corrected chi connectivity index (χ1v) is 7.45. The number of carbonyl (C=O) groups excluding carboxylic acids is 1. The Balaban J connectivity index is 2.14. The summed E-state index contributed by atoms with van der Waals surface area (Å²) >= 11 is 9.48. The van der Waals surface area contributed by atoms with Gasteiger partial charge in [0.05, 0.1) is 10.6 Å². The molecule has 1 saturated carbocycles. The topological polar surface area (TPSA) is 29.1 Å². The molecule has 0 spiro atoms. The van der Waals surface area contributed by atoms with Crippen LogP contribution in [0, 0.1) is 0 Å². The normalized spacial score (nSPS) is 18.4. The number of hydrogen-bond donors (Lipinski definition) is 1. The number of benzene rings is 1. The molecule has 4 heteroatoms. The van der Waals surface area contributed by atoms with E-state index in [2.05, 4.69) is 28.2 Å². The van der Waals surface area contributed by atoms with Gasteiger partial charge in [-0.3, -0.25) is 4.79 Å². The molecule has 0 aromatic heterocycles. The van der Waals surface area contributed by atoms with Crippen LogP contribution in [-0.2, 0) is 0 Å². The lowest BCUT2D eigenvalue weighted by atomic mass is 9.83. The Morgan fingerprint density at radius 2 is 2.00 bits per heavy atom. The SMILES string of the molecule is CC1(NC(=O)c2cccc(Br)c2Cl)CCCCC1. The fourth-order valence-electron chi connectivity index (χ4n) is 2.48. The van der Waals surface area contributed by atoms with E-state index < -0.39 is 0 Å². The smallest absolute Gasteiger partial charge is 0.253 e. The van der Waals surface area contributed by atoms with Gasteiger partial charge in [0, 0.05) is 10.0 Å². The van der Waals surface area contributed by atoms with Crippen LogP contribution in [0.3, 0.4) is 0 Å². The first-order valence-electron chi connectivity index (χ1n) is 6.28. The average molecular weight is 331 g/mol. The van der Waals surface area contributed by atoms with Crippen molar-refractivity contribution in [2.45, 2.75) is 44.6 Å². The van der Waals surface area contributed by atoms with Crippen molar-refractivity contribution in [1.82, 2.24) is 5.32 Å². The molecule has 1 aromatic rings. The molecule has 0 heterocycles. The summed E-state index contributed by atoms with van der Waals surface area (Å²) in [5.41, 5.74) is 0.457. The van der Waals surface area contributed by atoms with Gasteiger partial charge in [0.15, 0.2) is 0 Å². The van der Waals surface area contributed by atoms with E-state index in [-0.39, 0.29) is 11.4 Å². The third-order valence-electron chi connectivity index (χ3n) is 3.57. The van der Waals surface area contributed by atoms with Crippen molar-refractivity contribution in [1.29, 1.82) is 0 Å². The van der Waals surface area contributed by atoms with Gasteiger partial charge in [0.25, 0.3) is 5.91 Å². The van der Waals surface area contributed by atoms with Crippen LogP contribution in [0.2, 0.25) is 5.02 Å². The first-order chi connectivity index (χ1) is 8.52. The van der Waals surface area contributed by atoms with Crippen LogP contribution < -0.4 is 5.32 Å². The van der Waals surface area contributed by atoms with Gasteiger partial charge in [-0.25, -0.2) is 0 Å². The van der Waals surface area contributed by atoms with Crippen LogP contribution in [0.25, 0.3) is 0 Å². The molecular weight excluding hydrogens is 314 g/mol. The maximum atomic E-state index is 12.3. The van der Waals surface area contributed by atoms with Crippen molar-refractivity contribution in [2.75, 3.05) is 0 Å². The standard InChI is InChI=1S/C14H17BrClNO/c1-14(8-3-2-4-9-14)17-13(18)10-6-5-7-11(15)12(10)16/h5-7H,2-4,8-9H2,1H3,(H,17,18). The summed E-state index contributed by atoms with van der Waals surface area (Å²) in [6.07, 6.45) is 5.73. The fraction of sp³-hybridized carbons (Fsp3) is 0.500. The minimum Gasteiger partial charge on any atom is -0.347 e. The molecule has 0 radical (unpaired) electrons. The molecule has 0 atom stereocenters. The molecule has 0 aliphatic heterocycles. The number of amides is 1. The molecule has 1 amide bonds. The highest BCUT2D eigenvalue weighted by Crippen LogP contribution is 2.30. The predicted octanol–water partition coefficient (Wildman–Crippen LogP) is 4.56. The maximum Gasteiger partial charge on any atom is 0.253 e. The quantitative estimate of drug-likeness (QED) is 0.846. The highest BCUT2D eigenvalue weighted by atomic mass is 79.9. The summed E-state index contributed by atoms with van der Waals surface area (Å²) in [5.74, 6) is -0.0781. The molecule has 0 saturated heterocycles. The number of nitrogens with one attached hydrogen (secondary N) is 1. The predicted molar refractivity (Wildman–Crippen MR) is 78.1 cm³/mol. The molecule has 0 unspecified atom stereocenters. The van der Waals surface area contributed by atoms with Crippen molar-refractivity contribution in [3.05, 3.63) is 33.3 Å². The van der Waals surface area contributed by atoms with Crippen molar-refractivity contribution in [2.24, 2.45) is 0 Å². The number of hydrogen-bond acceptors (Lipinski definition) is 1. The van der Waals surface area contributed by atoms with Crippen molar-refractivity contribution >= 4 is 33.4 Å². The van der Waals surface area contributed by atoms with Gasteiger partial charge in [-0.2, -0.15) is 0 Å². The first kappa shape index (κ1) is 13.9. The highest BCUT2D eigenvalue weighted by molar-refractivity contribution is 9.10. The molecule has 1 N–H and O–H groups in total. The largest absolute Gasteiger partial charge is 0.347 e. The molecule has 1 aromatic carbocycles. The summed E-state index contributed by atoms with van der Waals surface area (Å²) in [7, 11) is 0. The van der Waals surface area contributed by atoms with Crippen LogP contribution in [0.4, 0.5) is 0 Å². The average Bonchev–Trinajstić information content (AvgIpc) is 2.33. The zero-order valence-electron chi connectivity index (χ0n) is 10.4. The second-order valence-corrected chi connectivity index (χ2v) is 6.41. The molecule has 1 aliphatic rings. The minimum absolute atomic E-state index is 0.0781. The Kier molecular flexibility index (Phi) is 4.33. The summed E-state index contributed by atoms with van der Waals surface area (Å²) < 4.78 is 0.755. The fourth-order valence-corrected chi connectivity index (χ4v) is 3.06. The lowest BCUT2D eigenvalue weighted by molar-refractivity contribution is 0.0883. The van der Waals surface area contributed by atoms with Gasteiger partial charge in [0.2, 0.25) is 0 Å². The molecule has 0 bridgehead atoms. The second kappa shape index (κ2) is 5.62. The van der Waals surface area contributed by atoms with E-state index in [1.165, 1.54) is 19.3 Å². The molecule has 18 heavy (non-hydrogen) atoms. The second-order valence-electron chi connectivity index (χ2n) is 5.18. The van der Waals surface area contributed by atoms with Gasteiger partial charge >= 0.3 is 0 Å². The van der Waals surface area contributed by atoms with E-state index in [0.29, 0.717) is 10.6 Å². The molecule has 2 rings (SSSR count). The molecule has 98 valence electrons. The zero-order chi connectivity index (χ0) is 13.2. The maximum absolute atomic E-state index is 12.3. The molecule has 1 fully saturated rings. The lowest BCUT2D eigenvalue weighted by Crippen LogP contribution is -2.47. The number of rotatable bonds is 2. The summed E-state index contributed by atoms with van der Waals surface area (Å²) in [6.45, 7) is 2.12. The van der Waals surface area contributed by atoms with E-state index in [0.717, 1.165) is 17.3 Å². The van der Waals surface area contributed by atoms with Crippen LogP contribution in [0.5, 0.6) is 0 Å². The van der Waals surface area contributed by atoms with Crippen LogP contribution >= 0.6 is 27.5 Å². The summed E-state index contributed by atoms with van der Waals surface area (Å²) in [4.78, 5) is 12.3. The van der Waals surface area contributed by atoms with Gasteiger partial charge in [-0.15, -0.1) is 0 Å². The monoisotopic (exact) mass is 329 g/mol. The lowest BCUT2D eigenvalue weighted by Gasteiger charge is -2.34. The zero-order valence-corrected chi connectivity index (χ0v) is 12.8. The molecule has 1 aliphatic carbocycles. The number of halogens is 2. The van der Waals surface area contributed by atoms with E-state index >= 15 is 0 Å². The van der Waals surface area contributed by atoms with Gasteiger partial charge < -0.3 is 5.32 Å². The van der Waals surface area contributed by atoms with Crippen LogP contribution in [0.15, 0.2) is 22.7 Å². The number of carbonyl (C=O) groups is 1. The van der Waals surface area contributed by atoms with Crippen molar-refractivity contribution in [3.8, 4) is 0 Å². The Hall–Kier alpha value is -0.540. The Labute approximate surface area is 121 Å². The van der Waals surface area contributed by atoms with Gasteiger partial charge in [-0.1, -0.05) is 36.9 Å². The molecule has 2 nitrogen and oxygen atoms in total. The van der Waals surface area contributed by atoms with E-state index in [9.17, 15) is 4.79 Å². The summed E-state index contributed by atoms with van der Waals surface area (Å²) in [5, 5.41) is 3.62. The third kappa shape index (κ3) is 3.07. The third-order valence-corrected chi connectivity index (χ3v) is 4.86. The van der Waals surface area contributed by atoms with Crippen LogP contribution in [-0.4, -0.2) is 11.4 Å². The Morgan fingerprint density at radius 3 is 2.67 bits per heavy atom. The van der Waals surface area contributed by atoms with E-state index in [1.807, 2.05) is 12.1 Å². The van der Waals surface area contributed by atoms with E-state index in [4.69, 9.17) is 11.6 Å². The van der Waals surface area contributed by atoms with Crippen molar-refractivity contribution < 1.29 is 4.79 Å². The Morgan fingerprint density at radius 1 is 1.33 bits per heavy atom. The minimum atomic E-state index is -0.0824. The van der Waals surface area contributed by atoms with Crippen LogP contribution in [0.1, 0.15) is 49.4 Å². The van der Waals surface area contributed by atoms with Crippen molar-refractivity contribution in [3.63, 3.8) is 0 Å². The van der Waals surface area contributed by atoms with Gasteiger partial charge in [0.1, 0.15) is 0 Å².